The number of fused-ring (bicyclic) bond motifs is 2. The molecule has 0 spiro atoms. The highest BCUT2D eigenvalue weighted by Gasteiger charge is 2.50. The van der Waals surface area contributed by atoms with Crippen molar-refractivity contribution < 1.29 is 24.2 Å². The number of nitrogens with zero attached hydrogens (tertiary/aromatic N) is 1. The zero-order valence-corrected chi connectivity index (χ0v) is 31.4. The van der Waals surface area contributed by atoms with Crippen LogP contribution in [0.5, 0.6) is 0 Å². The predicted octanol–water partition coefficient (Wildman–Crippen LogP) is 10.6. The van der Waals surface area contributed by atoms with Gasteiger partial charge in [-0.15, -0.1) is 0 Å². The molecule has 3 atom stereocenters. The average Bonchev–Trinajstić information content (AvgIpc) is 3.58. The number of unbranched alkanes of at least 4 members (excludes halogenated alkanes) is 13. The van der Waals surface area contributed by atoms with Gasteiger partial charge in [0.15, 0.2) is 0 Å². The van der Waals surface area contributed by atoms with Crippen molar-refractivity contribution >= 4 is 11.9 Å². The van der Waals surface area contributed by atoms with E-state index < -0.39 is 0 Å². The van der Waals surface area contributed by atoms with Crippen molar-refractivity contribution in [2.45, 2.75) is 200 Å². The smallest absolute Gasteiger partial charge is 0.306 e. The quantitative estimate of drug-likeness (QED) is 0.0570. The third kappa shape index (κ3) is 19.6. The van der Waals surface area contributed by atoms with Gasteiger partial charge in [-0.25, -0.2) is 0 Å². The van der Waals surface area contributed by atoms with Gasteiger partial charge in [-0.3, -0.25) is 9.59 Å². The fourth-order valence-electron chi connectivity index (χ4n) is 8.15. The lowest BCUT2D eigenvalue weighted by atomic mass is 9.84. The van der Waals surface area contributed by atoms with Crippen LogP contribution in [0, 0.1) is 17.3 Å². The lowest BCUT2D eigenvalue weighted by Gasteiger charge is -2.30. The molecule has 0 aromatic heterocycles. The van der Waals surface area contributed by atoms with Crippen molar-refractivity contribution in [1.82, 2.24) is 4.90 Å². The van der Waals surface area contributed by atoms with Gasteiger partial charge in [0, 0.05) is 24.9 Å². The Morgan fingerprint density at radius 3 is 1.81 bits per heavy atom. The monoisotopic (exact) mass is 664 g/mol. The molecule has 6 heteroatoms. The van der Waals surface area contributed by atoms with E-state index in [9.17, 15) is 14.7 Å². The molecule has 0 saturated heterocycles. The van der Waals surface area contributed by atoms with Crippen LogP contribution in [-0.2, 0) is 19.1 Å². The Hall–Kier alpha value is -1.14. The standard InChI is InChI=1S/C41H77NO5/c1-4-6-14-22-36(23-15-7-5-2)27-33-46-39(44)24-16-10-8-12-18-29-42(31-20-21-32-43)30-19-13-9-11-17-25-40(45)47-38-34-37-26-28-41(38,3)35-37/h36-38,43H,4-35H2,1-3H3. The van der Waals surface area contributed by atoms with E-state index in [1.165, 1.54) is 109 Å². The molecule has 0 aromatic rings. The van der Waals surface area contributed by atoms with E-state index in [0.717, 1.165) is 76.9 Å². The van der Waals surface area contributed by atoms with Crippen LogP contribution in [0.15, 0.2) is 0 Å². The first kappa shape index (κ1) is 42.0. The zero-order valence-electron chi connectivity index (χ0n) is 31.4. The van der Waals surface area contributed by atoms with Gasteiger partial charge in [0.1, 0.15) is 6.10 Å². The summed E-state index contributed by atoms with van der Waals surface area (Å²) in [4.78, 5) is 27.3. The van der Waals surface area contributed by atoms with Gasteiger partial charge < -0.3 is 19.5 Å². The van der Waals surface area contributed by atoms with Gasteiger partial charge in [0.25, 0.3) is 0 Å². The normalized spacial score (nSPS) is 20.5. The number of ether oxygens (including phenoxy) is 2. The maximum absolute atomic E-state index is 12.4. The zero-order chi connectivity index (χ0) is 34.0. The number of aliphatic hydroxyl groups is 1. The number of hydrogen-bond acceptors (Lipinski definition) is 6. The van der Waals surface area contributed by atoms with Crippen LogP contribution in [0.1, 0.15) is 194 Å². The highest BCUT2D eigenvalue weighted by atomic mass is 16.5. The second-order valence-corrected chi connectivity index (χ2v) is 15.7. The summed E-state index contributed by atoms with van der Waals surface area (Å²) in [6.07, 6.45) is 30.8. The molecular formula is C41H77NO5. The number of hydrogen-bond donors (Lipinski definition) is 1. The predicted molar refractivity (Wildman–Crippen MR) is 195 cm³/mol. The van der Waals surface area contributed by atoms with E-state index in [1.807, 2.05) is 0 Å². The van der Waals surface area contributed by atoms with Crippen LogP contribution in [0.3, 0.4) is 0 Å². The van der Waals surface area contributed by atoms with E-state index in [-0.39, 0.29) is 30.1 Å². The molecule has 2 aliphatic rings. The molecule has 2 rings (SSSR count). The molecular weight excluding hydrogens is 586 g/mol. The molecule has 276 valence electrons. The van der Waals surface area contributed by atoms with Crippen molar-refractivity contribution in [2.75, 3.05) is 32.8 Å². The molecule has 47 heavy (non-hydrogen) atoms. The summed E-state index contributed by atoms with van der Waals surface area (Å²) in [6.45, 7) is 11.0. The van der Waals surface area contributed by atoms with Crippen molar-refractivity contribution in [3.8, 4) is 0 Å². The summed E-state index contributed by atoms with van der Waals surface area (Å²) < 4.78 is 11.5. The Labute approximate surface area is 290 Å². The molecule has 2 saturated carbocycles. The highest BCUT2D eigenvalue weighted by molar-refractivity contribution is 5.69. The fourth-order valence-corrected chi connectivity index (χ4v) is 8.15. The van der Waals surface area contributed by atoms with Crippen molar-refractivity contribution in [1.29, 1.82) is 0 Å². The van der Waals surface area contributed by atoms with Gasteiger partial charge in [-0.1, -0.05) is 111 Å². The summed E-state index contributed by atoms with van der Waals surface area (Å²) >= 11 is 0. The van der Waals surface area contributed by atoms with E-state index in [0.29, 0.717) is 25.4 Å². The molecule has 0 heterocycles. The summed E-state index contributed by atoms with van der Waals surface area (Å²) in [7, 11) is 0. The van der Waals surface area contributed by atoms with Crippen molar-refractivity contribution in [3.63, 3.8) is 0 Å². The van der Waals surface area contributed by atoms with Crippen LogP contribution in [0.25, 0.3) is 0 Å². The molecule has 3 unspecified atom stereocenters. The summed E-state index contributed by atoms with van der Waals surface area (Å²) in [5.74, 6) is 1.52. The van der Waals surface area contributed by atoms with Gasteiger partial charge in [0.05, 0.1) is 6.61 Å². The minimum Gasteiger partial charge on any atom is -0.466 e. The minimum atomic E-state index is -0.00835. The molecule has 0 amide bonds. The van der Waals surface area contributed by atoms with Gasteiger partial charge in [-0.2, -0.15) is 0 Å². The fraction of sp³-hybridized carbons (Fsp3) is 0.951. The third-order valence-corrected chi connectivity index (χ3v) is 11.3. The Morgan fingerprint density at radius 1 is 0.723 bits per heavy atom. The molecule has 6 nitrogen and oxygen atoms in total. The molecule has 1 N–H and O–H groups in total. The first-order chi connectivity index (χ1) is 22.9. The largest absolute Gasteiger partial charge is 0.466 e. The molecule has 2 bridgehead atoms. The minimum absolute atomic E-state index is 0.00835. The first-order valence-corrected chi connectivity index (χ1v) is 20.6. The second-order valence-electron chi connectivity index (χ2n) is 15.7. The van der Waals surface area contributed by atoms with Crippen molar-refractivity contribution in [3.05, 3.63) is 0 Å². The molecule has 2 fully saturated rings. The number of carbonyl (C=O) groups excluding carboxylic acids is 2. The Kier molecular flexibility index (Phi) is 23.9. The number of carbonyl (C=O) groups is 2. The Bertz CT molecular complexity index is 780. The Morgan fingerprint density at radius 2 is 1.28 bits per heavy atom. The molecule has 0 radical (unpaired) electrons. The lowest BCUT2D eigenvalue weighted by Crippen LogP contribution is -2.31. The van der Waals surface area contributed by atoms with Crippen molar-refractivity contribution in [2.24, 2.45) is 17.3 Å². The third-order valence-electron chi connectivity index (χ3n) is 11.3. The van der Waals surface area contributed by atoms with E-state index in [2.05, 4.69) is 25.7 Å². The maximum atomic E-state index is 12.4. The van der Waals surface area contributed by atoms with Crippen LogP contribution >= 0.6 is 0 Å². The van der Waals surface area contributed by atoms with Crippen LogP contribution in [-0.4, -0.2) is 60.9 Å². The summed E-state index contributed by atoms with van der Waals surface area (Å²) in [5, 5.41) is 9.24. The van der Waals surface area contributed by atoms with Crippen LogP contribution in [0.4, 0.5) is 0 Å². The lowest BCUT2D eigenvalue weighted by molar-refractivity contribution is -0.155. The van der Waals surface area contributed by atoms with Crippen LogP contribution < -0.4 is 0 Å². The van der Waals surface area contributed by atoms with Gasteiger partial charge in [-0.05, 0) is 102 Å². The van der Waals surface area contributed by atoms with Gasteiger partial charge >= 0.3 is 11.9 Å². The number of esters is 2. The number of aliphatic hydroxyl groups excluding tert-OH is 1. The SMILES string of the molecule is CCCCCC(CCCCC)CCOC(=O)CCCCCCCN(CCCCO)CCCCCCCC(=O)OC1CC2CCC1(C)C2. The molecule has 2 aliphatic carbocycles. The second kappa shape index (κ2) is 26.7. The first-order valence-electron chi connectivity index (χ1n) is 20.6. The van der Waals surface area contributed by atoms with E-state index in [4.69, 9.17) is 9.47 Å². The van der Waals surface area contributed by atoms with E-state index >= 15 is 0 Å². The summed E-state index contributed by atoms with van der Waals surface area (Å²) in [6, 6.07) is 0. The highest BCUT2D eigenvalue weighted by Crippen LogP contribution is 2.55. The Balaban J connectivity index is 1.46. The topological polar surface area (TPSA) is 76.1 Å². The van der Waals surface area contributed by atoms with Gasteiger partial charge in [0.2, 0.25) is 0 Å². The van der Waals surface area contributed by atoms with E-state index in [1.54, 1.807) is 0 Å². The average molecular weight is 664 g/mol. The molecule has 0 aliphatic heterocycles. The maximum Gasteiger partial charge on any atom is 0.306 e. The molecule has 0 aromatic carbocycles. The van der Waals surface area contributed by atoms with Crippen LogP contribution in [0.2, 0.25) is 0 Å². The summed E-state index contributed by atoms with van der Waals surface area (Å²) in [5.41, 5.74) is 0.254. The number of rotatable bonds is 32.